The topological polar surface area (TPSA) is 87.1 Å². The van der Waals surface area contributed by atoms with Crippen LogP contribution in [0.5, 0.6) is 17.4 Å². The zero-order valence-electron chi connectivity index (χ0n) is 22.3. The van der Waals surface area contributed by atoms with Gasteiger partial charge < -0.3 is 24.1 Å². The monoisotopic (exact) mass is 519 g/mol. The third-order valence-electron chi connectivity index (χ3n) is 6.68. The lowest BCUT2D eigenvalue weighted by molar-refractivity contribution is -0.142. The molecule has 0 spiro atoms. The van der Waals surface area contributed by atoms with Gasteiger partial charge in [-0.3, -0.25) is 0 Å². The Balaban J connectivity index is 1.54. The average Bonchev–Trinajstić information content (AvgIpc) is 2.95. The smallest absolute Gasteiger partial charge is 0.343 e. The molecule has 202 valence electrons. The third-order valence-corrected chi connectivity index (χ3v) is 6.68. The Morgan fingerprint density at radius 3 is 2.39 bits per heavy atom. The van der Waals surface area contributed by atoms with Crippen molar-refractivity contribution in [2.45, 2.75) is 58.0 Å². The Morgan fingerprint density at radius 2 is 1.74 bits per heavy atom. The Morgan fingerprint density at radius 1 is 1.00 bits per heavy atom. The molecule has 0 bridgehead atoms. The number of rotatable bonds is 12. The van der Waals surface area contributed by atoms with Gasteiger partial charge in [0.25, 0.3) is 0 Å². The summed E-state index contributed by atoms with van der Waals surface area (Å²) >= 11 is 0. The molecule has 0 saturated carbocycles. The van der Waals surface area contributed by atoms with Crippen LogP contribution in [0, 0.1) is 0 Å². The lowest BCUT2D eigenvalue weighted by atomic mass is 9.97. The van der Waals surface area contributed by atoms with Crippen LogP contribution in [0.1, 0.15) is 49.4 Å². The van der Waals surface area contributed by atoms with Crippen molar-refractivity contribution in [3.63, 3.8) is 0 Å². The number of benzene rings is 2. The first-order valence-electron chi connectivity index (χ1n) is 13.4. The highest BCUT2D eigenvalue weighted by Gasteiger charge is 2.18. The van der Waals surface area contributed by atoms with Crippen molar-refractivity contribution < 1.29 is 28.8 Å². The first kappa shape index (κ1) is 27.5. The minimum Gasteiger partial charge on any atom is -0.507 e. The number of aryl methyl sites for hydroxylation is 3. The predicted molar refractivity (Wildman–Crippen MR) is 146 cm³/mol. The van der Waals surface area contributed by atoms with Gasteiger partial charge >= 0.3 is 5.97 Å². The van der Waals surface area contributed by atoms with Gasteiger partial charge in [0.1, 0.15) is 18.1 Å². The molecule has 1 unspecified atom stereocenters. The van der Waals surface area contributed by atoms with Crippen LogP contribution in [0.2, 0.25) is 0 Å². The van der Waals surface area contributed by atoms with Gasteiger partial charge in [0, 0.05) is 18.2 Å². The number of carbonyl (C=O) groups is 1. The molecule has 7 nitrogen and oxygen atoms in total. The molecule has 1 aromatic heterocycles. The van der Waals surface area contributed by atoms with Gasteiger partial charge in [-0.15, -0.1) is 0 Å². The first-order chi connectivity index (χ1) is 18.6. The van der Waals surface area contributed by atoms with Crippen molar-refractivity contribution in [2.75, 3.05) is 26.9 Å². The van der Waals surface area contributed by atoms with Crippen molar-refractivity contribution in [1.82, 2.24) is 4.98 Å². The summed E-state index contributed by atoms with van der Waals surface area (Å²) in [6, 6.07) is 17.5. The number of ether oxygens (including phenoxy) is 4. The molecular weight excluding hydrogens is 482 g/mol. The maximum atomic E-state index is 11.4. The van der Waals surface area contributed by atoms with Crippen LogP contribution in [0.4, 0.5) is 0 Å². The Labute approximate surface area is 224 Å². The number of esters is 1. The van der Waals surface area contributed by atoms with Crippen molar-refractivity contribution in [1.29, 1.82) is 0 Å². The highest BCUT2D eigenvalue weighted by atomic mass is 16.6. The summed E-state index contributed by atoms with van der Waals surface area (Å²) in [5.74, 6) is 0.589. The van der Waals surface area contributed by atoms with E-state index in [1.54, 1.807) is 18.2 Å². The molecule has 2 heterocycles. The molecule has 3 aromatic rings. The molecular formula is C31H37NO6. The average molecular weight is 520 g/mol. The maximum Gasteiger partial charge on any atom is 0.343 e. The molecule has 7 heteroatoms. The second-order valence-corrected chi connectivity index (χ2v) is 9.56. The number of nitrogens with zero attached hydrogens (tertiary/aromatic N) is 1. The minimum atomic E-state index is -0.449. The van der Waals surface area contributed by atoms with Crippen LogP contribution in [0.25, 0.3) is 11.1 Å². The van der Waals surface area contributed by atoms with Crippen LogP contribution >= 0.6 is 0 Å². The van der Waals surface area contributed by atoms with Crippen LogP contribution in [-0.2, 0) is 33.5 Å². The zero-order chi connectivity index (χ0) is 26.7. The molecule has 0 amide bonds. The van der Waals surface area contributed by atoms with E-state index in [9.17, 15) is 9.90 Å². The summed E-state index contributed by atoms with van der Waals surface area (Å²) < 4.78 is 21.8. The summed E-state index contributed by atoms with van der Waals surface area (Å²) in [4.78, 5) is 16.2. The number of aromatic nitrogens is 1. The van der Waals surface area contributed by atoms with E-state index in [0.717, 1.165) is 56.4 Å². The van der Waals surface area contributed by atoms with Crippen molar-refractivity contribution in [2.24, 2.45) is 0 Å². The molecule has 4 rings (SSSR count). The Hall–Kier alpha value is -3.58. The fourth-order valence-electron chi connectivity index (χ4n) is 4.59. The predicted octanol–water partition coefficient (Wildman–Crippen LogP) is 5.69. The third kappa shape index (κ3) is 7.71. The van der Waals surface area contributed by atoms with E-state index in [4.69, 9.17) is 19.2 Å². The minimum absolute atomic E-state index is 0.0509. The summed E-state index contributed by atoms with van der Waals surface area (Å²) in [5.41, 5.74) is 4.77. The molecule has 1 N–H and O–H groups in total. The molecule has 1 fully saturated rings. The quantitative estimate of drug-likeness (QED) is 0.308. The van der Waals surface area contributed by atoms with E-state index in [1.165, 1.54) is 18.2 Å². The van der Waals surface area contributed by atoms with E-state index >= 15 is 0 Å². The molecule has 1 aliphatic heterocycles. The molecule has 1 saturated heterocycles. The Bertz CT molecular complexity index is 1170. The largest absolute Gasteiger partial charge is 0.507 e. The van der Waals surface area contributed by atoms with Gasteiger partial charge in [0.2, 0.25) is 5.88 Å². The highest BCUT2D eigenvalue weighted by Crippen LogP contribution is 2.36. The zero-order valence-corrected chi connectivity index (χ0v) is 22.3. The van der Waals surface area contributed by atoms with E-state index in [1.807, 2.05) is 12.1 Å². The second-order valence-electron chi connectivity index (χ2n) is 9.56. The molecule has 0 radical (unpaired) electrons. The van der Waals surface area contributed by atoms with Crippen LogP contribution in [0.3, 0.4) is 0 Å². The number of hydrogen-bond acceptors (Lipinski definition) is 7. The SMILES string of the molecule is CCCc1ccc(CCc2nc(OCC3CCCCO3)cc(O)c2-c2ccc(OCC(=O)OC)cc2)cc1. The van der Waals surface area contributed by atoms with Gasteiger partial charge in [-0.05, 0) is 67.3 Å². The maximum absolute atomic E-state index is 11.4. The summed E-state index contributed by atoms with van der Waals surface area (Å²) in [7, 11) is 1.32. The number of aromatic hydroxyl groups is 1. The van der Waals surface area contributed by atoms with E-state index < -0.39 is 5.97 Å². The Kier molecular flexibility index (Phi) is 9.98. The van der Waals surface area contributed by atoms with Crippen LogP contribution in [0.15, 0.2) is 54.6 Å². The van der Waals surface area contributed by atoms with Gasteiger partial charge in [0.05, 0.1) is 18.9 Å². The normalized spacial score (nSPS) is 15.2. The highest BCUT2D eigenvalue weighted by molar-refractivity contribution is 5.74. The fourth-order valence-corrected chi connectivity index (χ4v) is 4.59. The fraction of sp³-hybridized carbons (Fsp3) is 0.419. The summed E-state index contributed by atoms with van der Waals surface area (Å²) in [6.07, 6.45) is 6.84. The first-order valence-corrected chi connectivity index (χ1v) is 13.4. The summed E-state index contributed by atoms with van der Waals surface area (Å²) in [6.45, 7) is 3.19. The van der Waals surface area contributed by atoms with Crippen molar-refractivity contribution in [3.8, 4) is 28.5 Å². The van der Waals surface area contributed by atoms with Crippen LogP contribution in [-0.4, -0.2) is 49.1 Å². The van der Waals surface area contributed by atoms with Gasteiger partial charge in [-0.1, -0.05) is 49.7 Å². The van der Waals surface area contributed by atoms with E-state index in [-0.39, 0.29) is 18.5 Å². The molecule has 2 aromatic carbocycles. The number of methoxy groups -OCH3 is 1. The number of pyridine rings is 1. The molecule has 0 aliphatic carbocycles. The number of hydrogen-bond donors (Lipinski definition) is 1. The molecule has 1 aliphatic rings. The lowest BCUT2D eigenvalue weighted by Crippen LogP contribution is -2.26. The summed E-state index contributed by atoms with van der Waals surface area (Å²) in [5, 5.41) is 11.1. The lowest BCUT2D eigenvalue weighted by Gasteiger charge is -2.22. The van der Waals surface area contributed by atoms with Gasteiger partial charge in [-0.25, -0.2) is 9.78 Å². The number of carbonyl (C=O) groups excluding carboxylic acids is 1. The van der Waals surface area contributed by atoms with E-state index in [2.05, 4.69) is 35.9 Å². The van der Waals surface area contributed by atoms with E-state index in [0.29, 0.717) is 30.2 Å². The molecule has 1 atom stereocenters. The molecule has 38 heavy (non-hydrogen) atoms. The second kappa shape index (κ2) is 13.8. The standard InChI is InChI=1S/C31H37NO6/c1-3-6-22-8-10-23(11-9-22)12-17-27-31(24-13-15-25(16-14-24)37-21-30(34)35-2)28(33)19-29(32-27)38-20-26-7-4-5-18-36-26/h8-11,13-16,19,26H,3-7,12,17-18,20-21H2,1-2H3,(H,32,33). The van der Waals surface area contributed by atoms with Crippen molar-refractivity contribution in [3.05, 3.63) is 71.4 Å². The van der Waals surface area contributed by atoms with Gasteiger partial charge in [0.15, 0.2) is 6.61 Å². The van der Waals surface area contributed by atoms with Crippen LogP contribution < -0.4 is 9.47 Å². The van der Waals surface area contributed by atoms with Gasteiger partial charge in [-0.2, -0.15) is 0 Å². The van der Waals surface area contributed by atoms with Crippen molar-refractivity contribution >= 4 is 5.97 Å².